The number of ketones is 2. The van der Waals surface area contributed by atoms with Crippen molar-refractivity contribution < 1.29 is 24.5 Å². The first-order chi connectivity index (χ1) is 7.97. The van der Waals surface area contributed by atoms with E-state index in [1.165, 1.54) is 7.11 Å². The van der Waals surface area contributed by atoms with Crippen molar-refractivity contribution in [3.63, 3.8) is 0 Å². The molecule has 1 aliphatic rings. The summed E-state index contributed by atoms with van der Waals surface area (Å²) in [6, 6.07) is 1.15. The number of phenolic OH excluding ortho intramolecular Hbond substituents is 2. The Hall–Kier alpha value is -1.82. The van der Waals surface area contributed by atoms with Crippen molar-refractivity contribution in [1.29, 1.82) is 0 Å². The lowest BCUT2D eigenvalue weighted by Crippen LogP contribution is -2.18. The zero-order valence-electron chi connectivity index (χ0n) is 8.65. The van der Waals surface area contributed by atoms with Crippen LogP contribution in [0.4, 0.5) is 0 Å². The minimum absolute atomic E-state index is 0.143. The van der Waals surface area contributed by atoms with Gasteiger partial charge in [0.1, 0.15) is 11.5 Å². The predicted molar refractivity (Wildman–Crippen MR) is 61.2 cm³/mol. The Morgan fingerprint density at radius 1 is 1.24 bits per heavy atom. The van der Waals surface area contributed by atoms with Crippen LogP contribution in [0.3, 0.4) is 0 Å². The van der Waals surface area contributed by atoms with Crippen molar-refractivity contribution in [3.05, 3.63) is 33.5 Å². The van der Waals surface area contributed by atoms with Crippen molar-refractivity contribution in [2.75, 3.05) is 7.11 Å². The first-order valence-corrected chi connectivity index (χ1v) is 5.35. The van der Waals surface area contributed by atoms with Gasteiger partial charge in [-0.25, -0.2) is 0 Å². The molecule has 0 saturated carbocycles. The van der Waals surface area contributed by atoms with Gasteiger partial charge in [0, 0.05) is 6.08 Å². The molecule has 0 radical (unpaired) electrons. The first-order valence-electron chi connectivity index (χ1n) is 4.56. The second-order valence-corrected chi connectivity index (χ2v) is 4.24. The van der Waals surface area contributed by atoms with Gasteiger partial charge < -0.3 is 14.9 Å². The van der Waals surface area contributed by atoms with Crippen LogP contribution in [0, 0.1) is 0 Å². The largest absolute Gasteiger partial charge is 0.507 e. The van der Waals surface area contributed by atoms with E-state index in [1.807, 2.05) is 0 Å². The third kappa shape index (κ3) is 1.61. The molecule has 0 saturated heterocycles. The van der Waals surface area contributed by atoms with Gasteiger partial charge in [-0.1, -0.05) is 0 Å². The van der Waals surface area contributed by atoms with Gasteiger partial charge in [0.25, 0.3) is 0 Å². The number of halogens is 1. The molecular formula is C11H7BrO5. The molecule has 88 valence electrons. The van der Waals surface area contributed by atoms with Gasteiger partial charge in [-0.2, -0.15) is 0 Å². The summed E-state index contributed by atoms with van der Waals surface area (Å²) in [6.45, 7) is 0. The summed E-state index contributed by atoms with van der Waals surface area (Å²) in [5.74, 6) is -2.15. The predicted octanol–water partition coefficient (Wildman–Crippen LogP) is 1.77. The highest BCUT2D eigenvalue weighted by molar-refractivity contribution is 9.10. The number of carbonyl (C=O) groups is 2. The van der Waals surface area contributed by atoms with Crippen LogP contribution in [0.25, 0.3) is 0 Å². The Balaban J connectivity index is 2.80. The van der Waals surface area contributed by atoms with E-state index < -0.39 is 11.6 Å². The fraction of sp³-hybridized carbons (Fsp3) is 0.0909. The first kappa shape index (κ1) is 11.7. The minimum Gasteiger partial charge on any atom is -0.507 e. The third-order valence-corrected chi connectivity index (χ3v) is 3.02. The molecule has 1 aromatic rings. The Morgan fingerprint density at radius 3 is 2.47 bits per heavy atom. The smallest absolute Gasteiger partial charge is 0.232 e. The SMILES string of the molecule is COC1=CC(=O)c2c(O)c(Br)cc(O)c2C1=O. The standard InChI is InChI=1S/C11H7BrO5/c1-17-7-3-6(14)8-9(11(7)16)5(13)2-4(12)10(8)15/h2-3,13,15H,1H3. The van der Waals surface area contributed by atoms with Crippen LogP contribution in [0.15, 0.2) is 22.4 Å². The van der Waals surface area contributed by atoms with Crippen molar-refractivity contribution >= 4 is 27.5 Å². The Labute approximate surface area is 104 Å². The molecule has 2 N–H and O–H groups in total. The highest BCUT2D eigenvalue weighted by atomic mass is 79.9. The molecule has 17 heavy (non-hydrogen) atoms. The number of aromatic hydroxyl groups is 2. The van der Waals surface area contributed by atoms with E-state index in [2.05, 4.69) is 15.9 Å². The number of hydrogen-bond donors (Lipinski definition) is 2. The Bertz CT molecular complexity index is 574. The maximum atomic E-state index is 11.8. The molecule has 0 bridgehead atoms. The molecule has 1 aliphatic carbocycles. The quantitative estimate of drug-likeness (QED) is 0.772. The van der Waals surface area contributed by atoms with Gasteiger partial charge in [0.2, 0.25) is 5.78 Å². The van der Waals surface area contributed by atoms with Crippen molar-refractivity contribution in [1.82, 2.24) is 0 Å². The van der Waals surface area contributed by atoms with Crippen LogP contribution in [-0.2, 0) is 4.74 Å². The average Bonchev–Trinajstić information content (AvgIpc) is 2.28. The lowest BCUT2D eigenvalue weighted by molar-refractivity contribution is 0.0912. The number of allylic oxidation sites excluding steroid dienone is 2. The highest BCUT2D eigenvalue weighted by Gasteiger charge is 2.32. The highest BCUT2D eigenvalue weighted by Crippen LogP contribution is 2.39. The molecule has 0 aliphatic heterocycles. The van der Waals surface area contributed by atoms with Gasteiger partial charge in [-0.15, -0.1) is 0 Å². The maximum Gasteiger partial charge on any atom is 0.232 e. The second-order valence-electron chi connectivity index (χ2n) is 3.38. The molecule has 0 spiro atoms. The molecule has 0 unspecified atom stereocenters. The molecule has 1 aromatic carbocycles. The number of rotatable bonds is 1. The van der Waals surface area contributed by atoms with Gasteiger partial charge in [-0.3, -0.25) is 9.59 Å². The zero-order chi connectivity index (χ0) is 12.7. The van der Waals surface area contributed by atoms with Crippen LogP contribution < -0.4 is 0 Å². The van der Waals surface area contributed by atoms with E-state index in [0.29, 0.717) is 0 Å². The van der Waals surface area contributed by atoms with Gasteiger partial charge in [0.05, 0.1) is 22.7 Å². The summed E-state index contributed by atoms with van der Waals surface area (Å²) in [6.07, 6.45) is 0.982. The van der Waals surface area contributed by atoms with Crippen LogP contribution in [-0.4, -0.2) is 28.9 Å². The fourth-order valence-corrected chi connectivity index (χ4v) is 2.04. The fourth-order valence-electron chi connectivity index (χ4n) is 1.63. The van der Waals surface area contributed by atoms with Crippen molar-refractivity contribution in [2.45, 2.75) is 0 Å². The number of ether oxygens (including phenoxy) is 1. The van der Waals surface area contributed by atoms with Crippen LogP contribution in [0.1, 0.15) is 20.7 Å². The van der Waals surface area contributed by atoms with E-state index >= 15 is 0 Å². The van der Waals surface area contributed by atoms with Gasteiger partial charge in [0.15, 0.2) is 11.5 Å². The molecule has 0 atom stereocenters. The van der Waals surface area contributed by atoms with E-state index in [4.69, 9.17) is 4.74 Å². The number of hydrogen-bond acceptors (Lipinski definition) is 5. The number of methoxy groups -OCH3 is 1. The number of benzene rings is 1. The average molecular weight is 299 g/mol. The molecule has 0 amide bonds. The normalized spacial score (nSPS) is 14.4. The number of Topliss-reactive ketones (excluding diaryl/α,β-unsaturated/α-hetero) is 1. The van der Waals surface area contributed by atoms with Crippen LogP contribution in [0.2, 0.25) is 0 Å². The Morgan fingerprint density at radius 2 is 1.88 bits per heavy atom. The third-order valence-electron chi connectivity index (χ3n) is 2.41. The van der Waals surface area contributed by atoms with E-state index in [0.717, 1.165) is 12.1 Å². The summed E-state index contributed by atoms with van der Waals surface area (Å²) < 4.78 is 4.88. The lowest BCUT2D eigenvalue weighted by atomic mass is 9.92. The molecular weight excluding hydrogens is 292 g/mol. The molecule has 0 heterocycles. The molecule has 5 nitrogen and oxygen atoms in total. The molecule has 6 heteroatoms. The topological polar surface area (TPSA) is 83.8 Å². The monoisotopic (exact) mass is 298 g/mol. The van der Waals surface area contributed by atoms with E-state index in [1.54, 1.807) is 0 Å². The number of fused-ring (bicyclic) bond motifs is 1. The van der Waals surface area contributed by atoms with E-state index in [-0.39, 0.29) is 32.9 Å². The van der Waals surface area contributed by atoms with Gasteiger partial charge >= 0.3 is 0 Å². The summed E-state index contributed by atoms with van der Waals surface area (Å²) in [5.41, 5.74) is -0.460. The summed E-state index contributed by atoms with van der Waals surface area (Å²) in [5, 5.41) is 19.4. The second kappa shape index (κ2) is 3.89. The molecule has 0 fully saturated rings. The summed E-state index contributed by atoms with van der Waals surface area (Å²) in [4.78, 5) is 23.6. The maximum absolute atomic E-state index is 11.8. The van der Waals surface area contributed by atoms with Crippen molar-refractivity contribution in [3.8, 4) is 11.5 Å². The molecule has 0 aromatic heterocycles. The number of phenols is 2. The zero-order valence-corrected chi connectivity index (χ0v) is 10.2. The van der Waals surface area contributed by atoms with Crippen molar-refractivity contribution in [2.24, 2.45) is 0 Å². The summed E-state index contributed by atoms with van der Waals surface area (Å²) in [7, 11) is 1.25. The minimum atomic E-state index is -0.637. The van der Waals surface area contributed by atoms with Crippen LogP contribution in [0.5, 0.6) is 11.5 Å². The lowest BCUT2D eigenvalue weighted by Gasteiger charge is -2.17. The number of carbonyl (C=O) groups excluding carboxylic acids is 2. The van der Waals surface area contributed by atoms with Crippen LogP contribution >= 0.6 is 15.9 Å². The van der Waals surface area contributed by atoms with E-state index in [9.17, 15) is 19.8 Å². The summed E-state index contributed by atoms with van der Waals surface area (Å²) >= 11 is 2.98. The molecule has 2 rings (SSSR count). The van der Waals surface area contributed by atoms with Gasteiger partial charge in [-0.05, 0) is 22.0 Å². The Kier molecular flexibility index (Phi) is 2.66.